The topological polar surface area (TPSA) is 308 Å². The number of halogens is 2. The average molecular weight is 1410 g/mol. The van der Waals surface area contributed by atoms with Crippen LogP contribution in [0.4, 0.5) is 8.78 Å². The summed E-state index contributed by atoms with van der Waals surface area (Å²) in [5.74, 6) is -11.4. The Hall–Kier alpha value is -8.30. The van der Waals surface area contributed by atoms with Gasteiger partial charge in [-0.2, -0.15) is 8.78 Å². The maximum atomic E-state index is 15.4. The molecule has 28 heteroatoms. The number of carbonyl (C=O) groups excluding carboxylic acids is 12. The van der Waals surface area contributed by atoms with E-state index in [1.54, 1.807) is 65.0 Å². The van der Waals surface area contributed by atoms with E-state index in [0.717, 1.165) is 26.0 Å². The Morgan fingerprint density at radius 2 is 0.980 bits per heavy atom. The van der Waals surface area contributed by atoms with Crippen LogP contribution in [-0.4, -0.2) is 258 Å². The number of benzene rings is 2. The van der Waals surface area contributed by atoms with Gasteiger partial charge in [-0.3, -0.25) is 57.5 Å². The van der Waals surface area contributed by atoms with Crippen LogP contribution in [0.15, 0.2) is 54.6 Å². The fraction of sp³-hybridized carbons (Fsp3) is 0.667. The second-order valence-corrected chi connectivity index (χ2v) is 28.7. The lowest BCUT2D eigenvalue weighted by Crippen LogP contribution is -2.62. The van der Waals surface area contributed by atoms with E-state index in [9.17, 15) is 52.2 Å². The monoisotopic (exact) mass is 1410 g/mol. The van der Waals surface area contributed by atoms with Crippen molar-refractivity contribution >= 4 is 70.9 Å². The second kappa shape index (κ2) is 39.1. The van der Waals surface area contributed by atoms with E-state index in [0.29, 0.717) is 43.5 Å². The lowest BCUT2D eigenvalue weighted by Gasteiger charge is -2.37. The number of carbonyl (C=O) groups is 12. The minimum Gasteiger partial charge on any atom is -0.435 e. The summed E-state index contributed by atoms with van der Waals surface area (Å²) in [5, 5.41) is 22.4. The third kappa shape index (κ3) is 23.9. The lowest BCUT2D eigenvalue weighted by molar-refractivity contribution is -0.151. The molecule has 5 N–H and O–H groups in total. The van der Waals surface area contributed by atoms with E-state index in [1.165, 1.54) is 100 Å². The van der Waals surface area contributed by atoms with E-state index < -0.39 is 169 Å². The van der Waals surface area contributed by atoms with Crippen LogP contribution in [0, 0.1) is 29.6 Å². The summed E-state index contributed by atoms with van der Waals surface area (Å²) in [6.07, 6.45) is 0.0154. The normalized spacial score (nSPS) is 24.7. The highest BCUT2D eigenvalue weighted by Gasteiger charge is 2.44. The van der Waals surface area contributed by atoms with Crippen molar-refractivity contribution in [3.63, 3.8) is 0 Å². The molecule has 0 radical (unpaired) electrons. The lowest BCUT2D eigenvalue weighted by atomic mass is 9.94. The number of hydrogen-bond donors (Lipinski definition) is 5. The summed E-state index contributed by atoms with van der Waals surface area (Å²) in [6.45, 7) is 15.2. The average Bonchev–Trinajstić information content (AvgIpc) is 0.821. The summed E-state index contributed by atoms with van der Waals surface area (Å²) in [7, 11) is 9.43. The standard InChI is InChI=1S/C72H112F2N12O14/c1-19-46(10)60-71(99)84(17)55(36-44(6)7)65(93)78-61(47(11)87)70(98)80(13)41-59(90)82(15)56(38-48-26-22-20-23-27-48)69(97)83(16)54(35-43(4)5)63(91)75-51(37-49-28-30-50(31-29-49)100-72(73)74)67(95)85(18)62(45(8)9)66(94)76-52(68(96)86-32-24-21-25-33-86)39-57(88)79(12)40-58(89)81(14)53(34-42(2)3)64(92)77-60/h20,22-23,26-31,42-47,51-56,60-62,72,87H,19,21,24-25,32-41H2,1-18H3,(H,75,91)(H,76,94)(H,77,92)(H,78,93)/t46-,47+,51-,52-,53-,54-,55-,56-,60-,61-,62-/m0/s1. The number of nitrogens with zero attached hydrogens (tertiary/aromatic N) is 8. The molecule has 12 amide bonds. The fourth-order valence-electron chi connectivity index (χ4n) is 12.5. The zero-order chi connectivity index (χ0) is 75.3. The first-order chi connectivity index (χ1) is 46.8. The molecule has 0 aromatic heterocycles. The molecule has 2 aliphatic heterocycles. The van der Waals surface area contributed by atoms with Crippen molar-refractivity contribution < 1.29 is 76.2 Å². The van der Waals surface area contributed by atoms with Crippen LogP contribution in [0.2, 0.25) is 0 Å². The van der Waals surface area contributed by atoms with E-state index in [1.807, 2.05) is 34.6 Å². The van der Waals surface area contributed by atoms with Crippen molar-refractivity contribution in [1.29, 1.82) is 0 Å². The SMILES string of the molecule is CC[C@H](C)[C@@H]1NC(=O)[C@H](CC(C)C)N(C)C(=O)CN(C)C(=O)C[C@@H](C(=O)N2CCCCC2)NC(=O)[C@H](C(C)C)N(C)C(=O)[C@H](Cc2ccc(OC(F)F)cc2)NC(=O)[C@H](CC(C)C)N(C)C(=O)[C@H](Cc2ccccc2)N(C)C(=O)CN(C)C(=O)[C@H]([C@@H](C)O)NC(=O)[C@H](CC(C)C)N(C)C1=O. The van der Waals surface area contributed by atoms with E-state index in [-0.39, 0.29) is 55.6 Å². The molecule has 2 aromatic carbocycles. The maximum Gasteiger partial charge on any atom is 0.387 e. The van der Waals surface area contributed by atoms with Gasteiger partial charge in [-0.1, -0.05) is 118 Å². The zero-order valence-corrected chi connectivity index (χ0v) is 61.9. The van der Waals surface area contributed by atoms with Gasteiger partial charge >= 0.3 is 6.61 Å². The van der Waals surface area contributed by atoms with Crippen molar-refractivity contribution in [1.82, 2.24) is 60.5 Å². The first kappa shape index (κ1) is 84.1. The number of aliphatic hydroxyl groups excluding tert-OH is 1. The predicted octanol–water partition coefficient (Wildman–Crippen LogP) is 3.70. The number of piperidine rings is 1. The Morgan fingerprint density at radius 3 is 1.47 bits per heavy atom. The Morgan fingerprint density at radius 1 is 0.510 bits per heavy atom. The molecule has 0 spiro atoms. The summed E-state index contributed by atoms with van der Waals surface area (Å²) < 4.78 is 31.3. The van der Waals surface area contributed by atoms with Gasteiger partial charge in [-0.15, -0.1) is 0 Å². The van der Waals surface area contributed by atoms with Gasteiger partial charge in [0.15, 0.2) is 0 Å². The first-order valence-corrected chi connectivity index (χ1v) is 34.9. The van der Waals surface area contributed by atoms with Crippen LogP contribution in [0.5, 0.6) is 5.75 Å². The first-order valence-electron chi connectivity index (χ1n) is 34.9. The minimum atomic E-state index is -3.15. The Kier molecular flexibility index (Phi) is 32.9. The van der Waals surface area contributed by atoms with E-state index in [4.69, 9.17) is 0 Å². The van der Waals surface area contributed by atoms with Gasteiger partial charge in [0.25, 0.3) is 0 Å². The van der Waals surface area contributed by atoms with Crippen LogP contribution in [0.1, 0.15) is 139 Å². The van der Waals surface area contributed by atoms with Crippen molar-refractivity contribution in [2.75, 3.05) is 75.5 Å². The maximum absolute atomic E-state index is 15.4. The van der Waals surface area contributed by atoms with Gasteiger partial charge in [0, 0.05) is 75.3 Å². The molecular weight excluding hydrogens is 1290 g/mol. The summed E-state index contributed by atoms with van der Waals surface area (Å²) in [4.78, 5) is 188. The number of ether oxygens (including phenoxy) is 1. The molecule has 0 bridgehead atoms. The van der Waals surface area contributed by atoms with Gasteiger partial charge in [-0.05, 0) is 98.3 Å². The largest absolute Gasteiger partial charge is 0.435 e. The fourth-order valence-corrected chi connectivity index (χ4v) is 12.5. The summed E-state index contributed by atoms with van der Waals surface area (Å²) >= 11 is 0. The molecule has 26 nitrogen and oxygen atoms in total. The number of rotatable bonds is 17. The Labute approximate surface area is 589 Å². The summed E-state index contributed by atoms with van der Waals surface area (Å²) in [5.41, 5.74) is 0.953. The molecule has 100 heavy (non-hydrogen) atoms. The second-order valence-electron chi connectivity index (χ2n) is 28.7. The number of nitrogens with one attached hydrogen (secondary N) is 4. The molecule has 0 unspecified atom stereocenters. The molecule has 0 saturated carbocycles. The van der Waals surface area contributed by atoms with Gasteiger partial charge in [0.05, 0.1) is 25.6 Å². The van der Waals surface area contributed by atoms with Gasteiger partial charge in [0.2, 0.25) is 70.9 Å². The highest BCUT2D eigenvalue weighted by molar-refractivity contribution is 6.00. The van der Waals surface area contributed by atoms with Crippen molar-refractivity contribution in [3.05, 3.63) is 65.7 Å². The van der Waals surface area contributed by atoms with Crippen LogP contribution >= 0.6 is 0 Å². The van der Waals surface area contributed by atoms with E-state index in [2.05, 4.69) is 26.0 Å². The quantitative estimate of drug-likeness (QED) is 0.151. The molecule has 2 aliphatic rings. The molecule has 2 aromatic rings. The predicted molar refractivity (Wildman–Crippen MR) is 372 cm³/mol. The third-order valence-electron chi connectivity index (χ3n) is 18.8. The smallest absolute Gasteiger partial charge is 0.387 e. The zero-order valence-electron chi connectivity index (χ0n) is 61.9. The van der Waals surface area contributed by atoms with Gasteiger partial charge < -0.3 is 70.3 Å². The summed E-state index contributed by atoms with van der Waals surface area (Å²) in [6, 6.07) is 1.39. The van der Waals surface area contributed by atoms with Crippen LogP contribution in [0.3, 0.4) is 0 Å². The number of aliphatic hydroxyl groups is 1. The van der Waals surface area contributed by atoms with Gasteiger partial charge in [-0.25, -0.2) is 0 Å². The number of alkyl halides is 2. The van der Waals surface area contributed by atoms with Crippen molar-refractivity contribution in [3.8, 4) is 5.75 Å². The molecule has 11 atom stereocenters. The van der Waals surface area contributed by atoms with Crippen LogP contribution in [0.25, 0.3) is 0 Å². The Bertz CT molecular complexity index is 3120. The number of likely N-dealkylation sites (N-methyl/N-ethyl adjacent to an activating group) is 7. The van der Waals surface area contributed by atoms with Crippen LogP contribution in [-0.2, 0) is 70.4 Å². The minimum absolute atomic E-state index is 0.00175. The molecule has 4 rings (SSSR count). The third-order valence-corrected chi connectivity index (χ3v) is 18.8. The van der Waals surface area contributed by atoms with E-state index >= 15 is 19.2 Å². The molecule has 0 aliphatic carbocycles. The molecule has 2 saturated heterocycles. The molecule has 558 valence electrons. The number of amides is 12. The van der Waals surface area contributed by atoms with Gasteiger partial charge in [0.1, 0.15) is 60.1 Å². The van der Waals surface area contributed by atoms with Crippen molar-refractivity contribution in [2.24, 2.45) is 29.6 Å². The molecular formula is C72H112F2N12O14. The highest BCUT2D eigenvalue weighted by atomic mass is 19.3. The van der Waals surface area contributed by atoms with Crippen LogP contribution < -0.4 is 26.0 Å². The number of likely N-dealkylation sites (tertiary alicyclic amines) is 1. The number of hydrogen-bond acceptors (Lipinski definition) is 14. The molecule has 2 heterocycles. The van der Waals surface area contributed by atoms with Crippen molar-refractivity contribution in [2.45, 2.75) is 207 Å². The molecule has 2 fully saturated rings. The highest BCUT2D eigenvalue weighted by Crippen LogP contribution is 2.24. The Balaban J connectivity index is 1.97.